The van der Waals surface area contributed by atoms with Gasteiger partial charge in [-0.15, -0.1) is 0 Å². The molecule has 0 aliphatic rings. The molecule has 1 heterocycles. The van der Waals surface area contributed by atoms with Crippen molar-refractivity contribution in [3.05, 3.63) is 84.9 Å². The Morgan fingerprint density at radius 1 is 0.667 bits per heavy atom. The number of hydrogen-bond acceptors (Lipinski definition) is 1. The summed E-state index contributed by atoms with van der Waals surface area (Å²) in [5, 5.41) is 10.6. The van der Waals surface area contributed by atoms with Gasteiger partial charge in [0.2, 0.25) is 0 Å². The average molecular weight is 313 g/mol. The van der Waals surface area contributed by atoms with Gasteiger partial charge in [0.1, 0.15) is 0 Å². The Labute approximate surface area is 141 Å². The number of benzene rings is 3. The molecular formula is C22H19NO. The SMILES string of the molecule is OCCn1c(-c2ccc(-c3ccccc3)cc2)cc2ccccc21. The zero-order valence-corrected chi connectivity index (χ0v) is 13.4. The van der Waals surface area contributed by atoms with Crippen molar-refractivity contribution in [2.24, 2.45) is 0 Å². The van der Waals surface area contributed by atoms with Gasteiger partial charge in [0, 0.05) is 23.1 Å². The number of aromatic nitrogens is 1. The summed E-state index contributed by atoms with van der Waals surface area (Å²) < 4.78 is 2.19. The maximum absolute atomic E-state index is 9.44. The number of aliphatic hydroxyl groups is 1. The molecule has 1 N–H and O–H groups in total. The van der Waals surface area contributed by atoms with Crippen molar-refractivity contribution in [2.45, 2.75) is 6.54 Å². The average Bonchev–Trinajstić information content (AvgIpc) is 3.02. The molecule has 1 aromatic heterocycles. The third kappa shape index (κ3) is 2.61. The summed E-state index contributed by atoms with van der Waals surface area (Å²) in [6, 6.07) is 29.5. The van der Waals surface area contributed by atoms with Crippen LogP contribution in [0.15, 0.2) is 84.9 Å². The lowest BCUT2D eigenvalue weighted by Crippen LogP contribution is -2.03. The zero-order valence-electron chi connectivity index (χ0n) is 13.4. The highest BCUT2D eigenvalue weighted by atomic mass is 16.3. The summed E-state index contributed by atoms with van der Waals surface area (Å²) in [5.74, 6) is 0. The van der Waals surface area contributed by atoms with Gasteiger partial charge in [-0.3, -0.25) is 0 Å². The molecule has 118 valence electrons. The van der Waals surface area contributed by atoms with E-state index in [2.05, 4.69) is 71.3 Å². The van der Waals surface area contributed by atoms with Crippen LogP contribution in [-0.2, 0) is 6.54 Å². The largest absolute Gasteiger partial charge is 0.395 e. The minimum absolute atomic E-state index is 0.133. The van der Waals surface area contributed by atoms with Crippen molar-refractivity contribution in [3.8, 4) is 22.4 Å². The van der Waals surface area contributed by atoms with E-state index in [9.17, 15) is 5.11 Å². The van der Waals surface area contributed by atoms with Crippen molar-refractivity contribution in [1.29, 1.82) is 0 Å². The summed E-state index contributed by atoms with van der Waals surface area (Å²) >= 11 is 0. The fraction of sp³-hybridized carbons (Fsp3) is 0.0909. The topological polar surface area (TPSA) is 25.2 Å². The molecule has 0 amide bonds. The summed E-state index contributed by atoms with van der Waals surface area (Å²) in [7, 11) is 0. The summed E-state index contributed by atoms with van der Waals surface area (Å²) in [5.41, 5.74) is 5.90. The van der Waals surface area contributed by atoms with Gasteiger partial charge in [0.15, 0.2) is 0 Å². The van der Waals surface area contributed by atoms with E-state index in [1.807, 2.05) is 18.2 Å². The molecule has 4 aromatic rings. The molecule has 0 aliphatic carbocycles. The lowest BCUT2D eigenvalue weighted by Gasteiger charge is -2.10. The molecule has 0 saturated carbocycles. The predicted molar refractivity (Wildman–Crippen MR) is 99.9 cm³/mol. The first-order valence-electron chi connectivity index (χ1n) is 8.22. The normalized spacial score (nSPS) is 11.0. The Bertz CT molecular complexity index is 952. The van der Waals surface area contributed by atoms with Gasteiger partial charge < -0.3 is 9.67 Å². The van der Waals surface area contributed by atoms with Crippen LogP contribution < -0.4 is 0 Å². The number of para-hydroxylation sites is 1. The summed E-state index contributed by atoms with van der Waals surface area (Å²) in [6.07, 6.45) is 0. The molecule has 0 atom stereocenters. The van der Waals surface area contributed by atoms with Gasteiger partial charge in [0.25, 0.3) is 0 Å². The van der Waals surface area contributed by atoms with Gasteiger partial charge in [0.05, 0.1) is 6.61 Å². The lowest BCUT2D eigenvalue weighted by molar-refractivity contribution is 0.279. The number of fused-ring (bicyclic) bond motifs is 1. The maximum atomic E-state index is 9.44. The molecule has 0 saturated heterocycles. The van der Waals surface area contributed by atoms with Crippen LogP contribution in [0.1, 0.15) is 0 Å². The Morgan fingerprint density at radius 3 is 2.04 bits per heavy atom. The van der Waals surface area contributed by atoms with E-state index in [1.54, 1.807) is 0 Å². The molecule has 0 radical (unpaired) electrons. The number of rotatable bonds is 4. The van der Waals surface area contributed by atoms with Gasteiger partial charge in [-0.25, -0.2) is 0 Å². The van der Waals surface area contributed by atoms with E-state index in [0.29, 0.717) is 6.54 Å². The number of nitrogens with zero attached hydrogens (tertiary/aromatic N) is 1. The second-order valence-corrected chi connectivity index (χ2v) is 5.91. The van der Waals surface area contributed by atoms with Gasteiger partial charge in [-0.05, 0) is 28.8 Å². The number of hydrogen-bond donors (Lipinski definition) is 1. The highest BCUT2D eigenvalue weighted by Crippen LogP contribution is 2.30. The van der Waals surface area contributed by atoms with Gasteiger partial charge >= 0.3 is 0 Å². The molecule has 4 rings (SSSR count). The standard InChI is InChI=1S/C22H19NO/c24-15-14-23-21-9-5-4-8-20(21)16-22(23)19-12-10-18(11-13-19)17-6-2-1-3-7-17/h1-13,16,24H,14-15H2. The van der Waals surface area contributed by atoms with E-state index >= 15 is 0 Å². The first-order chi connectivity index (χ1) is 11.9. The van der Waals surface area contributed by atoms with Crippen LogP contribution in [-0.4, -0.2) is 16.3 Å². The van der Waals surface area contributed by atoms with Crippen LogP contribution in [0.3, 0.4) is 0 Å². The van der Waals surface area contributed by atoms with Crippen molar-refractivity contribution in [1.82, 2.24) is 4.57 Å². The maximum Gasteiger partial charge on any atom is 0.0610 e. The third-order valence-corrected chi connectivity index (χ3v) is 4.42. The lowest BCUT2D eigenvalue weighted by atomic mass is 10.0. The molecule has 0 aliphatic heterocycles. The second kappa shape index (κ2) is 6.34. The molecule has 0 bridgehead atoms. The first kappa shape index (κ1) is 14.7. The smallest absolute Gasteiger partial charge is 0.0610 e. The van der Waals surface area contributed by atoms with E-state index in [0.717, 1.165) is 11.2 Å². The van der Waals surface area contributed by atoms with Crippen LogP contribution in [0, 0.1) is 0 Å². The van der Waals surface area contributed by atoms with Crippen LogP contribution in [0.2, 0.25) is 0 Å². The molecule has 3 aromatic carbocycles. The molecule has 0 spiro atoms. The Balaban J connectivity index is 1.79. The highest BCUT2D eigenvalue weighted by molar-refractivity contribution is 5.87. The Kier molecular flexibility index (Phi) is 3.89. The van der Waals surface area contributed by atoms with Crippen LogP contribution in [0.4, 0.5) is 0 Å². The summed E-state index contributed by atoms with van der Waals surface area (Å²) in [4.78, 5) is 0. The fourth-order valence-corrected chi connectivity index (χ4v) is 3.25. The van der Waals surface area contributed by atoms with Crippen LogP contribution >= 0.6 is 0 Å². The van der Waals surface area contributed by atoms with Crippen LogP contribution in [0.25, 0.3) is 33.3 Å². The number of aliphatic hydroxyl groups excluding tert-OH is 1. The van der Waals surface area contributed by atoms with Crippen molar-refractivity contribution in [2.75, 3.05) is 6.61 Å². The van der Waals surface area contributed by atoms with Crippen molar-refractivity contribution < 1.29 is 5.11 Å². The monoisotopic (exact) mass is 313 g/mol. The van der Waals surface area contributed by atoms with E-state index < -0.39 is 0 Å². The molecule has 2 heteroatoms. The van der Waals surface area contributed by atoms with Crippen molar-refractivity contribution in [3.63, 3.8) is 0 Å². The van der Waals surface area contributed by atoms with Gasteiger partial charge in [-0.2, -0.15) is 0 Å². The first-order valence-corrected chi connectivity index (χ1v) is 8.22. The van der Waals surface area contributed by atoms with Crippen LogP contribution in [0.5, 0.6) is 0 Å². The zero-order chi connectivity index (χ0) is 16.4. The quantitative estimate of drug-likeness (QED) is 0.565. The minimum atomic E-state index is 0.133. The van der Waals surface area contributed by atoms with E-state index in [4.69, 9.17) is 0 Å². The fourth-order valence-electron chi connectivity index (χ4n) is 3.25. The van der Waals surface area contributed by atoms with E-state index in [-0.39, 0.29) is 6.61 Å². The molecule has 0 unspecified atom stereocenters. The van der Waals surface area contributed by atoms with Crippen molar-refractivity contribution >= 4 is 10.9 Å². The Morgan fingerprint density at radius 2 is 1.29 bits per heavy atom. The molecule has 0 fully saturated rings. The second-order valence-electron chi connectivity index (χ2n) is 5.91. The predicted octanol–water partition coefficient (Wildman–Crippen LogP) is 4.97. The Hall–Kier alpha value is -2.84. The summed E-state index contributed by atoms with van der Waals surface area (Å²) in [6.45, 7) is 0.733. The molecule has 24 heavy (non-hydrogen) atoms. The minimum Gasteiger partial charge on any atom is -0.395 e. The third-order valence-electron chi connectivity index (χ3n) is 4.42. The highest BCUT2D eigenvalue weighted by Gasteiger charge is 2.10. The molecule has 2 nitrogen and oxygen atoms in total. The molecular weight excluding hydrogens is 294 g/mol. The van der Waals surface area contributed by atoms with E-state index in [1.165, 1.54) is 22.1 Å². The van der Waals surface area contributed by atoms with Gasteiger partial charge in [-0.1, -0.05) is 72.8 Å².